The predicted octanol–water partition coefficient (Wildman–Crippen LogP) is 2.07. The van der Waals surface area contributed by atoms with Crippen LogP contribution in [-0.2, 0) is 15.1 Å². The topological polar surface area (TPSA) is 52.3 Å². The Hall–Kier alpha value is -1.51. The number of nitrogen functional groups attached to an aromatic ring is 1. The molecule has 0 atom stereocenters. The normalized spacial score (nSPS) is 11.1. The Morgan fingerprint density at radius 2 is 1.93 bits per heavy atom. The van der Waals surface area contributed by atoms with Crippen LogP contribution in [0.4, 0.5) is 5.69 Å². The number of carbonyl (C=O) groups excluding carboxylic acids is 1. The lowest BCUT2D eigenvalue weighted by molar-refractivity contribution is -0.154. The Labute approximate surface area is 83.9 Å². The van der Waals surface area contributed by atoms with Crippen molar-refractivity contribution in [1.29, 1.82) is 0 Å². The van der Waals surface area contributed by atoms with Crippen molar-refractivity contribution in [2.75, 3.05) is 5.73 Å². The summed E-state index contributed by atoms with van der Waals surface area (Å²) in [6, 6.07) is 7.37. The highest BCUT2D eigenvalue weighted by Gasteiger charge is 2.25. The molecule has 14 heavy (non-hydrogen) atoms. The monoisotopic (exact) mass is 193 g/mol. The van der Waals surface area contributed by atoms with Crippen LogP contribution in [0.1, 0.15) is 26.3 Å². The summed E-state index contributed by atoms with van der Waals surface area (Å²) < 4.78 is 5.19. The fraction of sp³-hybridized carbons (Fsp3) is 0.364. The summed E-state index contributed by atoms with van der Waals surface area (Å²) in [6.45, 7) is 5.03. The van der Waals surface area contributed by atoms with Crippen LogP contribution < -0.4 is 5.73 Å². The van der Waals surface area contributed by atoms with E-state index in [-0.39, 0.29) is 5.97 Å². The average molecular weight is 193 g/mol. The lowest BCUT2D eigenvalue weighted by Crippen LogP contribution is -2.25. The zero-order valence-electron chi connectivity index (χ0n) is 8.70. The van der Waals surface area contributed by atoms with E-state index in [2.05, 4.69) is 0 Å². The summed E-state index contributed by atoms with van der Waals surface area (Å²) in [5, 5.41) is 0. The van der Waals surface area contributed by atoms with E-state index in [1.807, 2.05) is 32.0 Å². The van der Waals surface area contributed by atoms with Crippen molar-refractivity contribution in [3.8, 4) is 0 Å². The summed E-state index contributed by atoms with van der Waals surface area (Å²) in [6.07, 6.45) is 0. The minimum atomic E-state index is -0.669. The van der Waals surface area contributed by atoms with E-state index in [1.54, 1.807) is 6.07 Å². The Kier molecular flexibility index (Phi) is 2.79. The molecule has 3 heteroatoms. The van der Waals surface area contributed by atoms with Crippen molar-refractivity contribution in [1.82, 2.24) is 0 Å². The second kappa shape index (κ2) is 3.70. The molecule has 0 bridgehead atoms. The molecule has 1 rings (SSSR count). The van der Waals surface area contributed by atoms with Gasteiger partial charge < -0.3 is 10.5 Å². The lowest BCUT2D eigenvalue weighted by atomic mass is 9.96. The third-order valence-electron chi connectivity index (χ3n) is 2.01. The first kappa shape index (κ1) is 10.6. The highest BCUT2D eigenvalue weighted by molar-refractivity contribution is 5.67. The zero-order chi connectivity index (χ0) is 10.8. The quantitative estimate of drug-likeness (QED) is 0.577. The van der Waals surface area contributed by atoms with E-state index in [0.29, 0.717) is 5.69 Å². The first-order chi connectivity index (χ1) is 6.43. The van der Waals surface area contributed by atoms with E-state index >= 15 is 0 Å². The third kappa shape index (κ3) is 2.25. The van der Waals surface area contributed by atoms with Gasteiger partial charge in [-0.2, -0.15) is 0 Å². The highest BCUT2D eigenvalue weighted by Crippen LogP contribution is 2.29. The molecule has 0 saturated carbocycles. The number of anilines is 1. The van der Waals surface area contributed by atoms with Gasteiger partial charge >= 0.3 is 5.97 Å². The SMILES string of the molecule is CC(=O)OC(C)(C)c1ccccc1N. The number of hydrogen-bond donors (Lipinski definition) is 1. The first-order valence-electron chi connectivity index (χ1n) is 4.48. The van der Waals surface area contributed by atoms with Gasteiger partial charge in [0.15, 0.2) is 0 Å². The van der Waals surface area contributed by atoms with Crippen LogP contribution in [0.15, 0.2) is 24.3 Å². The molecule has 0 amide bonds. The molecule has 1 aromatic rings. The Balaban J connectivity index is 3.03. The van der Waals surface area contributed by atoms with Crippen molar-refractivity contribution in [3.05, 3.63) is 29.8 Å². The van der Waals surface area contributed by atoms with Crippen LogP contribution in [0.25, 0.3) is 0 Å². The molecule has 0 spiro atoms. The number of ether oxygens (including phenoxy) is 1. The molecule has 0 radical (unpaired) electrons. The number of nitrogens with two attached hydrogens (primary N) is 1. The number of hydrogen-bond acceptors (Lipinski definition) is 3. The van der Waals surface area contributed by atoms with Crippen molar-refractivity contribution in [2.45, 2.75) is 26.4 Å². The molecule has 0 aliphatic carbocycles. The van der Waals surface area contributed by atoms with Gasteiger partial charge in [-0.25, -0.2) is 0 Å². The van der Waals surface area contributed by atoms with Gasteiger partial charge in [-0.15, -0.1) is 0 Å². The van der Waals surface area contributed by atoms with Gasteiger partial charge in [0.2, 0.25) is 0 Å². The van der Waals surface area contributed by atoms with E-state index in [1.165, 1.54) is 6.92 Å². The van der Waals surface area contributed by atoms with Crippen LogP contribution in [-0.4, -0.2) is 5.97 Å². The van der Waals surface area contributed by atoms with Gasteiger partial charge in [-0.05, 0) is 19.9 Å². The number of carbonyl (C=O) groups is 1. The van der Waals surface area contributed by atoms with Gasteiger partial charge in [0.1, 0.15) is 5.60 Å². The minimum absolute atomic E-state index is 0.307. The van der Waals surface area contributed by atoms with Gasteiger partial charge in [0.25, 0.3) is 0 Å². The number of rotatable bonds is 2. The number of para-hydroxylation sites is 1. The largest absolute Gasteiger partial charge is 0.455 e. The highest BCUT2D eigenvalue weighted by atomic mass is 16.6. The van der Waals surface area contributed by atoms with Gasteiger partial charge in [0.05, 0.1) is 0 Å². The van der Waals surface area contributed by atoms with Crippen LogP contribution in [0.2, 0.25) is 0 Å². The molecular weight excluding hydrogens is 178 g/mol. The molecule has 3 nitrogen and oxygen atoms in total. The summed E-state index contributed by atoms with van der Waals surface area (Å²) in [7, 11) is 0. The maximum atomic E-state index is 10.9. The van der Waals surface area contributed by atoms with Crippen molar-refractivity contribution >= 4 is 11.7 Å². The zero-order valence-corrected chi connectivity index (χ0v) is 8.70. The van der Waals surface area contributed by atoms with Crippen molar-refractivity contribution in [2.24, 2.45) is 0 Å². The Morgan fingerprint density at radius 1 is 1.36 bits per heavy atom. The molecule has 2 N–H and O–H groups in total. The molecular formula is C11H15NO2. The molecule has 0 saturated heterocycles. The van der Waals surface area contributed by atoms with Crippen LogP contribution in [0, 0.1) is 0 Å². The summed E-state index contributed by atoms with van der Waals surface area (Å²) >= 11 is 0. The molecule has 76 valence electrons. The van der Waals surface area contributed by atoms with Gasteiger partial charge in [-0.1, -0.05) is 18.2 Å². The summed E-state index contributed by atoms with van der Waals surface area (Å²) in [5.41, 5.74) is 6.59. The summed E-state index contributed by atoms with van der Waals surface area (Å²) in [5.74, 6) is -0.307. The average Bonchev–Trinajstić information content (AvgIpc) is 2.02. The fourth-order valence-electron chi connectivity index (χ4n) is 1.46. The standard InChI is InChI=1S/C11H15NO2/c1-8(13)14-11(2,3)9-6-4-5-7-10(9)12/h4-7H,12H2,1-3H3. The molecule has 0 aliphatic rings. The Bertz CT molecular complexity index is 345. The number of benzene rings is 1. The fourth-order valence-corrected chi connectivity index (χ4v) is 1.46. The Morgan fingerprint density at radius 3 is 2.43 bits per heavy atom. The van der Waals surface area contributed by atoms with Gasteiger partial charge in [-0.3, -0.25) is 4.79 Å². The maximum Gasteiger partial charge on any atom is 0.303 e. The number of esters is 1. The maximum absolute atomic E-state index is 10.9. The molecule has 0 aromatic heterocycles. The van der Waals surface area contributed by atoms with E-state index < -0.39 is 5.60 Å². The third-order valence-corrected chi connectivity index (χ3v) is 2.01. The van der Waals surface area contributed by atoms with Crippen LogP contribution in [0.3, 0.4) is 0 Å². The van der Waals surface area contributed by atoms with Gasteiger partial charge in [0, 0.05) is 18.2 Å². The second-order valence-electron chi connectivity index (χ2n) is 3.69. The van der Waals surface area contributed by atoms with E-state index in [0.717, 1.165) is 5.56 Å². The van der Waals surface area contributed by atoms with Crippen LogP contribution in [0.5, 0.6) is 0 Å². The smallest absolute Gasteiger partial charge is 0.303 e. The van der Waals surface area contributed by atoms with Crippen molar-refractivity contribution in [3.63, 3.8) is 0 Å². The van der Waals surface area contributed by atoms with E-state index in [4.69, 9.17) is 10.5 Å². The second-order valence-corrected chi connectivity index (χ2v) is 3.69. The molecule has 0 heterocycles. The molecule has 1 aromatic carbocycles. The first-order valence-corrected chi connectivity index (χ1v) is 4.48. The summed E-state index contributed by atoms with van der Waals surface area (Å²) in [4.78, 5) is 10.9. The predicted molar refractivity (Wildman–Crippen MR) is 55.6 cm³/mol. The minimum Gasteiger partial charge on any atom is -0.455 e. The van der Waals surface area contributed by atoms with E-state index in [9.17, 15) is 4.79 Å². The van der Waals surface area contributed by atoms with Crippen molar-refractivity contribution < 1.29 is 9.53 Å². The lowest BCUT2D eigenvalue weighted by Gasteiger charge is -2.26. The molecule has 0 aliphatic heterocycles. The van der Waals surface area contributed by atoms with Crippen LogP contribution >= 0.6 is 0 Å². The molecule has 0 fully saturated rings. The molecule has 0 unspecified atom stereocenters.